The minimum Gasteiger partial charge on any atom is -0.496 e. The van der Waals surface area contributed by atoms with Gasteiger partial charge in [-0.2, -0.15) is 0 Å². The predicted molar refractivity (Wildman–Crippen MR) is 72.4 cm³/mol. The lowest BCUT2D eigenvalue weighted by Gasteiger charge is -2.21. The SMILES string of the molecule is COc1ccccc1C(C)NC(=O)C(C)C(C)N. The van der Waals surface area contributed by atoms with Gasteiger partial charge in [-0.1, -0.05) is 25.1 Å². The average molecular weight is 250 g/mol. The fraction of sp³-hybridized carbons (Fsp3) is 0.500. The van der Waals surface area contributed by atoms with Crippen LogP contribution in [-0.2, 0) is 4.79 Å². The van der Waals surface area contributed by atoms with Gasteiger partial charge in [0.25, 0.3) is 0 Å². The van der Waals surface area contributed by atoms with Gasteiger partial charge in [-0.15, -0.1) is 0 Å². The van der Waals surface area contributed by atoms with Crippen molar-refractivity contribution in [1.29, 1.82) is 0 Å². The summed E-state index contributed by atoms with van der Waals surface area (Å²) in [6, 6.07) is 7.40. The van der Waals surface area contributed by atoms with Gasteiger partial charge in [0, 0.05) is 17.5 Å². The third-order valence-electron chi connectivity index (χ3n) is 3.17. The van der Waals surface area contributed by atoms with Crippen LogP contribution >= 0.6 is 0 Å². The summed E-state index contributed by atoms with van der Waals surface area (Å²) >= 11 is 0. The standard InChI is InChI=1S/C14H22N2O2/c1-9(10(2)15)14(17)16-11(3)12-7-5-6-8-13(12)18-4/h5-11H,15H2,1-4H3,(H,16,17). The van der Waals surface area contributed by atoms with Crippen LogP contribution in [0.3, 0.4) is 0 Å². The minimum absolute atomic E-state index is 0.0385. The Balaban J connectivity index is 2.76. The van der Waals surface area contributed by atoms with Crippen molar-refractivity contribution in [1.82, 2.24) is 5.32 Å². The molecule has 1 amide bonds. The maximum atomic E-state index is 11.9. The van der Waals surface area contributed by atoms with Crippen molar-refractivity contribution in [3.63, 3.8) is 0 Å². The molecule has 0 aliphatic carbocycles. The highest BCUT2D eigenvalue weighted by atomic mass is 16.5. The molecule has 4 heteroatoms. The molecule has 0 saturated carbocycles. The zero-order valence-corrected chi connectivity index (χ0v) is 11.4. The van der Waals surface area contributed by atoms with Crippen LogP contribution < -0.4 is 15.8 Å². The number of hydrogen-bond donors (Lipinski definition) is 2. The third-order valence-corrected chi connectivity index (χ3v) is 3.17. The van der Waals surface area contributed by atoms with Crippen molar-refractivity contribution in [2.75, 3.05) is 7.11 Å². The van der Waals surface area contributed by atoms with Crippen molar-refractivity contribution in [2.24, 2.45) is 11.7 Å². The van der Waals surface area contributed by atoms with Crippen LogP contribution in [0.25, 0.3) is 0 Å². The number of para-hydroxylation sites is 1. The number of amides is 1. The monoisotopic (exact) mass is 250 g/mol. The molecule has 1 rings (SSSR count). The van der Waals surface area contributed by atoms with Gasteiger partial charge in [-0.05, 0) is 19.9 Å². The fourth-order valence-corrected chi connectivity index (χ4v) is 1.69. The molecule has 100 valence electrons. The Kier molecular flexibility index (Phi) is 5.16. The van der Waals surface area contributed by atoms with Crippen LogP contribution in [-0.4, -0.2) is 19.1 Å². The topological polar surface area (TPSA) is 64.3 Å². The van der Waals surface area contributed by atoms with Crippen molar-refractivity contribution in [3.05, 3.63) is 29.8 Å². The lowest BCUT2D eigenvalue weighted by Crippen LogP contribution is -2.39. The number of ether oxygens (including phenoxy) is 1. The van der Waals surface area contributed by atoms with E-state index in [0.717, 1.165) is 11.3 Å². The number of nitrogens with one attached hydrogen (secondary N) is 1. The van der Waals surface area contributed by atoms with E-state index < -0.39 is 0 Å². The summed E-state index contributed by atoms with van der Waals surface area (Å²) in [7, 11) is 1.62. The van der Waals surface area contributed by atoms with Gasteiger partial charge < -0.3 is 15.8 Å². The van der Waals surface area contributed by atoms with Crippen molar-refractivity contribution in [3.8, 4) is 5.75 Å². The molecule has 3 unspecified atom stereocenters. The van der Waals surface area contributed by atoms with E-state index in [-0.39, 0.29) is 23.9 Å². The summed E-state index contributed by atoms with van der Waals surface area (Å²) in [4.78, 5) is 11.9. The number of carbonyl (C=O) groups is 1. The quantitative estimate of drug-likeness (QED) is 0.838. The molecule has 1 aromatic carbocycles. The van der Waals surface area contributed by atoms with Gasteiger partial charge in [0.2, 0.25) is 5.91 Å². The number of nitrogens with two attached hydrogens (primary N) is 1. The Morgan fingerprint density at radius 1 is 1.28 bits per heavy atom. The normalized spacial score (nSPS) is 15.6. The Morgan fingerprint density at radius 3 is 2.44 bits per heavy atom. The molecule has 18 heavy (non-hydrogen) atoms. The van der Waals surface area contributed by atoms with Crippen LogP contribution in [0, 0.1) is 5.92 Å². The van der Waals surface area contributed by atoms with Crippen molar-refractivity contribution >= 4 is 5.91 Å². The van der Waals surface area contributed by atoms with Crippen molar-refractivity contribution < 1.29 is 9.53 Å². The van der Waals surface area contributed by atoms with E-state index in [4.69, 9.17) is 10.5 Å². The van der Waals surface area contributed by atoms with Crippen molar-refractivity contribution in [2.45, 2.75) is 32.9 Å². The predicted octanol–water partition coefficient (Wildman–Crippen LogP) is 1.86. The highest BCUT2D eigenvalue weighted by Crippen LogP contribution is 2.24. The summed E-state index contributed by atoms with van der Waals surface area (Å²) in [6.07, 6.45) is 0. The lowest BCUT2D eigenvalue weighted by molar-refractivity contribution is -0.125. The number of rotatable bonds is 5. The molecule has 0 aliphatic heterocycles. The zero-order chi connectivity index (χ0) is 13.7. The Hall–Kier alpha value is -1.55. The molecule has 0 fully saturated rings. The van der Waals surface area contributed by atoms with Gasteiger partial charge >= 0.3 is 0 Å². The largest absolute Gasteiger partial charge is 0.496 e. The molecule has 0 radical (unpaired) electrons. The Morgan fingerprint density at radius 2 is 1.89 bits per heavy atom. The van der Waals surface area contributed by atoms with Gasteiger partial charge in [0.1, 0.15) is 5.75 Å². The third kappa shape index (κ3) is 3.47. The summed E-state index contributed by atoms with van der Waals surface area (Å²) in [5, 5.41) is 2.95. The van der Waals surface area contributed by atoms with E-state index in [9.17, 15) is 4.79 Å². The second-order valence-corrected chi connectivity index (χ2v) is 4.62. The molecule has 0 spiro atoms. The molecule has 0 heterocycles. The van der Waals surface area contributed by atoms with Gasteiger partial charge in [-0.25, -0.2) is 0 Å². The highest BCUT2D eigenvalue weighted by molar-refractivity contribution is 5.79. The number of hydrogen-bond acceptors (Lipinski definition) is 3. The van der Waals surface area contributed by atoms with Crippen LogP contribution in [0.5, 0.6) is 5.75 Å². The second kappa shape index (κ2) is 6.40. The molecule has 3 atom stereocenters. The molecule has 4 nitrogen and oxygen atoms in total. The highest BCUT2D eigenvalue weighted by Gasteiger charge is 2.20. The van der Waals surface area contributed by atoms with Crippen LogP contribution in [0.2, 0.25) is 0 Å². The van der Waals surface area contributed by atoms with E-state index in [1.807, 2.05) is 45.0 Å². The molecule has 0 saturated heterocycles. The minimum atomic E-state index is -0.206. The average Bonchev–Trinajstić information content (AvgIpc) is 2.37. The molecular weight excluding hydrogens is 228 g/mol. The van der Waals surface area contributed by atoms with Gasteiger partial charge in [-0.3, -0.25) is 4.79 Å². The molecular formula is C14H22N2O2. The van der Waals surface area contributed by atoms with E-state index in [0.29, 0.717) is 0 Å². The second-order valence-electron chi connectivity index (χ2n) is 4.62. The fourth-order valence-electron chi connectivity index (χ4n) is 1.69. The van der Waals surface area contributed by atoms with Crippen LogP contribution in [0.15, 0.2) is 24.3 Å². The van der Waals surface area contributed by atoms with Crippen LogP contribution in [0.1, 0.15) is 32.4 Å². The van der Waals surface area contributed by atoms with Crippen LogP contribution in [0.4, 0.5) is 0 Å². The lowest BCUT2D eigenvalue weighted by atomic mass is 10.0. The first kappa shape index (κ1) is 14.5. The summed E-state index contributed by atoms with van der Waals surface area (Å²) in [5.41, 5.74) is 6.68. The Labute approximate surface area is 109 Å². The summed E-state index contributed by atoms with van der Waals surface area (Å²) < 4.78 is 5.28. The van der Waals surface area contributed by atoms with E-state index in [2.05, 4.69) is 5.32 Å². The smallest absolute Gasteiger partial charge is 0.224 e. The van der Waals surface area contributed by atoms with E-state index in [1.165, 1.54) is 0 Å². The maximum Gasteiger partial charge on any atom is 0.224 e. The summed E-state index contributed by atoms with van der Waals surface area (Å²) in [5.74, 6) is 0.532. The number of benzene rings is 1. The first-order valence-electron chi connectivity index (χ1n) is 6.16. The van der Waals surface area contributed by atoms with E-state index in [1.54, 1.807) is 7.11 Å². The van der Waals surface area contributed by atoms with Gasteiger partial charge in [0.15, 0.2) is 0 Å². The zero-order valence-electron chi connectivity index (χ0n) is 11.4. The molecule has 0 aliphatic rings. The number of methoxy groups -OCH3 is 1. The van der Waals surface area contributed by atoms with E-state index >= 15 is 0 Å². The first-order chi connectivity index (χ1) is 8.47. The molecule has 0 aromatic heterocycles. The molecule has 1 aromatic rings. The first-order valence-corrected chi connectivity index (χ1v) is 6.16. The number of carbonyl (C=O) groups excluding carboxylic acids is 1. The Bertz CT molecular complexity index is 405. The maximum absolute atomic E-state index is 11.9. The molecule has 0 bridgehead atoms. The van der Waals surface area contributed by atoms with Gasteiger partial charge in [0.05, 0.1) is 13.2 Å². The summed E-state index contributed by atoms with van der Waals surface area (Å²) in [6.45, 7) is 5.59. The molecule has 3 N–H and O–H groups in total.